The Labute approximate surface area is 106 Å². The van der Waals surface area contributed by atoms with Crippen molar-refractivity contribution in [3.8, 4) is 0 Å². The SMILES string of the molecule is Cc1ccc(CCS(=O)C2CCOCC2)cc1. The van der Waals surface area contributed by atoms with Gasteiger partial charge in [-0.1, -0.05) is 29.8 Å². The third-order valence-electron chi connectivity index (χ3n) is 3.25. The maximum atomic E-state index is 12.1. The molecule has 1 heterocycles. The fraction of sp³-hybridized carbons (Fsp3) is 0.571. The fourth-order valence-electron chi connectivity index (χ4n) is 2.08. The third-order valence-corrected chi connectivity index (χ3v) is 5.07. The zero-order chi connectivity index (χ0) is 12.1. The van der Waals surface area contributed by atoms with Gasteiger partial charge in [-0.2, -0.15) is 0 Å². The molecule has 1 aromatic rings. The van der Waals surface area contributed by atoms with E-state index < -0.39 is 10.8 Å². The van der Waals surface area contributed by atoms with Gasteiger partial charge >= 0.3 is 0 Å². The van der Waals surface area contributed by atoms with Gasteiger partial charge in [0.05, 0.1) is 0 Å². The molecule has 1 saturated heterocycles. The zero-order valence-corrected chi connectivity index (χ0v) is 11.2. The lowest BCUT2D eigenvalue weighted by Crippen LogP contribution is -2.26. The highest BCUT2D eigenvalue weighted by Gasteiger charge is 2.19. The summed E-state index contributed by atoms with van der Waals surface area (Å²) in [6.45, 7) is 3.64. The lowest BCUT2D eigenvalue weighted by Gasteiger charge is -2.21. The zero-order valence-electron chi connectivity index (χ0n) is 10.4. The molecule has 0 amide bonds. The van der Waals surface area contributed by atoms with Crippen molar-refractivity contribution in [3.63, 3.8) is 0 Å². The maximum absolute atomic E-state index is 12.1. The average molecular weight is 252 g/mol. The molecule has 2 nitrogen and oxygen atoms in total. The van der Waals surface area contributed by atoms with E-state index in [1.54, 1.807) is 0 Å². The Morgan fingerprint density at radius 1 is 1.24 bits per heavy atom. The van der Waals surface area contributed by atoms with E-state index in [-0.39, 0.29) is 0 Å². The molecule has 0 aliphatic carbocycles. The summed E-state index contributed by atoms with van der Waals surface area (Å²) in [6, 6.07) is 8.51. The van der Waals surface area contributed by atoms with Gasteiger partial charge in [0, 0.05) is 35.0 Å². The summed E-state index contributed by atoms with van der Waals surface area (Å²) in [5.74, 6) is 0.785. The molecule has 1 aliphatic rings. The molecule has 94 valence electrons. The van der Waals surface area contributed by atoms with Crippen LogP contribution in [0.25, 0.3) is 0 Å². The maximum Gasteiger partial charge on any atom is 0.0477 e. The second-order valence-corrected chi connectivity index (χ2v) is 6.47. The van der Waals surface area contributed by atoms with Crippen LogP contribution in [0.3, 0.4) is 0 Å². The van der Waals surface area contributed by atoms with E-state index in [0.717, 1.165) is 38.2 Å². The van der Waals surface area contributed by atoms with E-state index in [2.05, 4.69) is 31.2 Å². The molecule has 0 spiro atoms. The monoisotopic (exact) mass is 252 g/mol. The largest absolute Gasteiger partial charge is 0.381 e. The molecule has 1 atom stereocenters. The van der Waals surface area contributed by atoms with Crippen LogP contribution in [0.4, 0.5) is 0 Å². The Morgan fingerprint density at radius 3 is 2.53 bits per heavy atom. The van der Waals surface area contributed by atoms with Crippen molar-refractivity contribution < 1.29 is 8.95 Å². The Bertz CT molecular complexity index is 366. The molecule has 1 fully saturated rings. The Hall–Kier alpha value is -0.670. The van der Waals surface area contributed by atoms with Crippen LogP contribution in [0.15, 0.2) is 24.3 Å². The van der Waals surface area contributed by atoms with Gasteiger partial charge in [0.25, 0.3) is 0 Å². The Balaban J connectivity index is 1.81. The van der Waals surface area contributed by atoms with E-state index in [1.165, 1.54) is 11.1 Å². The van der Waals surface area contributed by atoms with Crippen molar-refractivity contribution in [2.75, 3.05) is 19.0 Å². The van der Waals surface area contributed by atoms with Gasteiger partial charge in [0.2, 0.25) is 0 Å². The molecule has 3 heteroatoms. The van der Waals surface area contributed by atoms with Gasteiger partial charge < -0.3 is 4.74 Å². The standard InChI is InChI=1S/C14H20O2S/c1-12-2-4-13(5-3-12)8-11-17(15)14-6-9-16-10-7-14/h2-5,14H,6-11H2,1H3. The number of benzene rings is 1. The molecule has 1 aromatic carbocycles. The summed E-state index contributed by atoms with van der Waals surface area (Å²) in [6.07, 6.45) is 2.84. The van der Waals surface area contributed by atoms with Gasteiger partial charge in [-0.25, -0.2) is 0 Å². The highest BCUT2D eigenvalue weighted by molar-refractivity contribution is 7.85. The molecular weight excluding hydrogens is 232 g/mol. The van der Waals surface area contributed by atoms with Crippen molar-refractivity contribution in [2.24, 2.45) is 0 Å². The summed E-state index contributed by atoms with van der Waals surface area (Å²) in [4.78, 5) is 0. The molecule has 0 radical (unpaired) electrons. The van der Waals surface area contributed by atoms with E-state index in [9.17, 15) is 4.21 Å². The number of hydrogen-bond donors (Lipinski definition) is 0. The van der Waals surface area contributed by atoms with E-state index in [4.69, 9.17) is 4.74 Å². The highest BCUT2D eigenvalue weighted by atomic mass is 32.2. The minimum absolute atomic E-state index is 0.356. The van der Waals surface area contributed by atoms with Crippen LogP contribution in [0.2, 0.25) is 0 Å². The molecule has 0 saturated carbocycles. The van der Waals surface area contributed by atoms with Crippen molar-refractivity contribution in [1.82, 2.24) is 0 Å². The second-order valence-electron chi connectivity index (χ2n) is 4.63. The quantitative estimate of drug-likeness (QED) is 0.823. The van der Waals surface area contributed by atoms with Gasteiger partial charge in [0.15, 0.2) is 0 Å². The average Bonchev–Trinajstić information content (AvgIpc) is 2.39. The smallest absolute Gasteiger partial charge is 0.0477 e. The molecule has 17 heavy (non-hydrogen) atoms. The van der Waals surface area contributed by atoms with E-state index >= 15 is 0 Å². The van der Waals surface area contributed by atoms with Crippen LogP contribution >= 0.6 is 0 Å². The summed E-state index contributed by atoms with van der Waals surface area (Å²) in [7, 11) is -0.692. The third kappa shape index (κ3) is 3.93. The van der Waals surface area contributed by atoms with Gasteiger partial charge in [0.1, 0.15) is 0 Å². The van der Waals surface area contributed by atoms with Crippen LogP contribution in [-0.4, -0.2) is 28.4 Å². The predicted octanol–water partition coefficient (Wildman–Crippen LogP) is 2.47. The van der Waals surface area contributed by atoms with Crippen LogP contribution in [0.5, 0.6) is 0 Å². The number of hydrogen-bond acceptors (Lipinski definition) is 2. The number of ether oxygens (including phenoxy) is 1. The first-order valence-corrected chi connectivity index (χ1v) is 7.64. The molecule has 0 bridgehead atoms. The first kappa shape index (κ1) is 12.8. The number of rotatable bonds is 4. The normalized spacial score (nSPS) is 19.1. The minimum Gasteiger partial charge on any atom is -0.381 e. The molecule has 0 aromatic heterocycles. The van der Waals surface area contributed by atoms with Crippen molar-refractivity contribution in [3.05, 3.63) is 35.4 Å². The molecular formula is C14H20O2S. The van der Waals surface area contributed by atoms with Crippen LogP contribution in [0, 0.1) is 6.92 Å². The molecule has 1 unspecified atom stereocenters. The van der Waals surface area contributed by atoms with Crippen LogP contribution in [0.1, 0.15) is 24.0 Å². The van der Waals surface area contributed by atoms with Crippen molar-refractivity contribution >= 4 is 10.8 Å². The first-order valence-electron chi connectivity index (χ1n) is 6.26. The number of aryl methyl sites for hydroxylation is 2. The molecule has 0 N–H and O–H groups in total. The molecule has 2 rings (SSSR count). The molecule has 1 aliphatic heterocycles. The highest BCUT2D eigenvalue weighted by Crippen LogP contribution is 2.14. The minimum atomic E-state index is -0.692. The van der Waals surface area contributed by atoms with Crippen molar-refractivity contribution in [1.29, 1.82) is 0 Å². The van der Waals surface area contributed by atoms with Crippen LogP contribution in [-0.2, 0) is 22.0 Å². The topological polar surface area (TPSA) is 26.3 Å². The van der Waals surface area contributed by atoms with Gasteiger partial charge in [-0.05, 0) is 31.7 Å². The van der Waals surface area contributed by atoms with Gasteiger partial charge in [-0.15, -0.1) is 0 Å². The summed E-state index contributed by atoms with van der Waals surface area (Å²) >= 11 is 0. The first-order chi connectivity index (χ1) is 8.25. The van der Waals surface area contributed by atoms with Gasteiger partial charge in [-0.3, -0.25) is 4.21 Å². The fourth-order valence-corrected chi connectivity index (χ4v) is 3.57. The van der Waals surface area contributed by atoms with Crippen LogP contribution < -0.4 is 0 Å². The predicted molar refractivity (Wildman–Crippen MR) is 71.7 cm³/mol. The van der Waals surface area contributed by atoms with Crippen molar-refractivity contribution in [2.45, 2.75) is 31.4 Å². The summed E-state index contributed by atoms with van der Waals surface area (Å²) in [5.41, 5.74) is 2.57. The Morgan fingerprint density at radius 2 is 1.88 bits per heavy atom. The summed E-state index contributed by atoms with van der Waals surface area (Å²) in [5, 5.41) is 0.356. The Kier molecular flexibility index (Phi) is 4.75. The second kappa shape index (κ2) is 6.31. The summed E-state index contributed by atoms with van der Waals surface area (Å²) < 4.78 is 17.4. The van der Waals surface area contributed by atoms with E-state index in [0.29, 0.717) is 5.25 Å². The lowest BCUT2D eigenvalue weighted by molar-refractivity contribution is 0.0992. The van der Waals surface area contributed by atoms with E-state index in [1.807, 2.05) is 0 Å². The lowest BCUT2D eigenvalue weighted by atomic mass is 10.1.